The number of hydrogen-bond donors (Lipinski definition) is 3. The first-order valence-electron chi connectivity index (χ1n) is 6.10. The lowest BCUT2D eigenvalue weighted by Gasteiger charge is -2.34. The minimum Gasteiger partial charge on any atom is -0.399 e. The Balaban J connectivity index is 2.16. The third-order valence-corrected chi connectivity index (χ3v) is 3.43. The number of aliphatic hydroxyl groups is 1. The SMILES string of the molecule is CC1CCN(C(=O)c2cc(N)cc(N)c2)CC1O. The van der Waals surface area contributed by atoms with Gasteiger partial charge in [0.05, 0.1) is 6.10 Å². The normalized spacial score (nSPS) is 24.0. The summed E-state index contributed by atoms with van der Waals surface area (Å²) in [5.74, 6) is 0.111. The van der Waals surface area contributed by atoms with Crippen molar-refractivity contribution in [1.82, 2.24) is 4.90 Å². The Bertz CT molecular complexity index is 441. The van der Waals surface area contributed by atoms with E-state index in [2.05, 4.69) is 0 Å². The minimum absolute atomic E-state index is 0.125. The van der Waals surface area contributed by atoms with E-state index in [9.17, 15) is 9.90 Å². The van der Waals surface area contributed by atoms with Crippen molar-refractivity contribution in [2.75, 3.05) is 24.6 Å². The lowest BCUT2D eigenvalue weighted by molar-refractivity contribution is 0.0249. The molecule has 1 saturated heterocycles. The molecule has 5 heteroatoms. The molecule has 1 heterocycles. The van der Waals surface area contributed by atoms with Crippen molar-refractivity contribution in [3.63, 3.8) is 0 Å². The van der Waals surface area contributed by atoms with Gasteiger partial charge in [-0.25, -0.2) is 0 Å². The average Bonchev–Trinajstić information content (AvgIpc) is 2.30. The summed E-state index contributed by atoms with van der Waals surface area (Å²) in [5.41, 5.74) is 12.8. The van der Waals surface area contributed by atoms with Crippen LogP contribution in [0.3, 0.4) is 0 Å². The fraction of sp³-hybridized carbons (Fsp3) is 0.462. The molecule has 0 aliphatic carbocycles. The lowest BCUT2D eigenvalue weighted by Crippen LogP contribution is -2.45. The van der Waals surface area contributed by atoms with Crippen LogP contribution in [0.15, 0.2) is 18.2 Å². The van der Waals surface area contributed by atoms with E-state index < -0.39 is 6.10 Å². The van der Waals surface area contributed by atoms with E-state index >= 15 is 0 Å². The molecule has 18 heavy (non-hydrogen) atoms. The highest BCUT2D eigenvalue weighted by molar-refractivity contribution is 5.96. The van der Waals surface area contributed by atoms with Gasteiger partial charge in [-0.3, -0.25) is 4.79 Å². The summed E-state index contributed by atoms with van der Waals surface area (Å²) in [7, 11) is 0. The lowest BCUT2D eigenvalue weighted by atomic mass is 9.95. The standard InChI is InChI=1S/C13H19N3O2/c1-8-2-3-16(7-12(8)17)13(18)9-4-10(14)6-11(15)5-9/h4-6,8,12,17H,2-3,7,14-15H2,1H3. The molecule has 5 nitrogen and oxygen atoms in total. The van der Waals surface area contributed by atoms with Crippen LogP contribution < -0.4 is 11.5 Å². The third-order valence-electron chi connectivity index (χ3n) is 3.43. The molecule has 2 rings (SSSR count). The summed E-state index contributed by atoms with van der Waals surface area (Å²) < 4.78 is 0. The number of carbonyl (C=O) groups is 1. The molecular formula is C13H19N3O2. The fourth-order valence-electron chi connectivity index (χ4n) is 2.22. The first-order valence-corrected chi connectivity index (χ1v) is 6.10. The Morgan fingerprint density at radius 1 is 1.33 bits per heavy atom. The Hall–Kier alpha value is -1.75. The molecule has 0 radical (unpaired) electrons. The van der Waals surface area contributed by atoms with Gasteiger partial charge in [-0.05, 0) is 30.5 Å². The number of hydrogen-bond acceptors (Lipinski definition) is 4. The van der Waals surface area contributed by atoms with Crippen LogP contribution in [-0.4, -0.2) is 35.1 Å². The maximum atomic E-state index is 12.3. The number of amides is 1. The summed E-state index contributed by atoms with van der Waals surface area (Å²) in [6, 6.07) is 4.84. The highest BCUT2D eigenvalue weighted by atomic mass is 16.3. The van der Waals surface area contributed by atoms with Crippen molar-refractivity contribution < 1.29 is 9.90 Å². The molecule has 1 aliphatic heterocycles. The van der Waals surface area contributed by atoms with Crippen LogP contribution in [0.2, 0.25) is 0 Å². The predicted molar refractivity (Wildman–Crippen MR) is 71.0 cm³/mol. The fourth-order valence-corrected chi connectivity index (χ4v) is 2.22. The summed E-state index contributed by atoms with van der Waals surface area (Å²) in [6.07, 6.45) is 0.353. The van der Waals surface area contributed by atoms with Crippen LogP contribution in [-0.2, 0) is 0 Å². The van der Waals surface area contributed by atoms with E-state index in [-0.39, 0.29) is 11.8 Å². The van der Waals surface area contributed by atoms with Gasteiger partial charge in [0.1, 0.15) is 0 Å². The van der Waals surface area contributed by atoms with Gasteiger partial charge in [0.15, 0.2) is 0 Å². The van der Waals surface area contributed by atoms with E-state index in [1.165, 1.54) is 0 Å². The molecule has 0 bridgehead atoms. The van der Waals surface area contributed by atoms with E-state index in [0.29, 0.717) is 30.0 Å². The number of nitrogens with two attached hydrogens (primary N) is 2. The molecule has 0 saturated carbocycles. The molecule has 1 amide bonds. The summed E-state index contributed by atoms with van der Waals surface area (Å²) >= 11 is 0. The molecule has 0 aromatic heterocycles. The smallest absolute Gasteiger partial charge is 0.254 e. The zero-order chi connectivity index (χ0) is 13.3. The highest BCUT2D eigenvalue weighted by Crippen LogP contribution is 2.21. The van der Waals surface area contributed by atoms with Crippen LogP contribution in [0.25, 0.3) is 0 Å². The van der Waals surface area contributed by atoms with E-state index in [4.69, 9.17) is 11.5 Å². The predicted octanol–water partition coefficient (Wildman–Crippen LogP) is 0.694. The summed E-state index contributed by atoms with van der Waals surface area (Å²) in [6.45, 7) is 3.02. The molecule has 2 atom stereocenters. The number of aliphatic hydroxyl groups excluding tert-OH is 1. The van der Waals surface area contributed by atoms with Crippen molar-refractivity contribution in [1.29, 1.82) is 0 Å². The topological polar surface area (TPSA) is 92.6 Å². The van der Waals surface area contributed by atoms with Gasteiger partial charge in [-0.15, -0.1) is 0 Å². The first-order chi connectivity index (χ1) is 8.47. The molecule has 5 N–H and O–H groups in total. The molecular weight excluding hydrogens is 230 g/mol. The number of piperidine rings is 1. The maximum Gasteiger partial charge on any atom is 0.254 e. The number of nitrogens with zero attached hydrogens (tertiary/aromatic N) is 1. The second kappa shape index (κ2) is 4.86. The largest absolute Gasteiger partial charge is 0.399 e. The minimum atomic E-state index is -0.457. The summed E-state index contributed by atoms with van der Waals surface area (Å²) in [4.78, 5) is 13.9. The van der Waals surface area contributed by atoms with Gasteiger partial charge in [0, 0.05) is 30.0 Å². The zero-order valence-electron chi connectivity index (χ0n) is 10.5. The van der Waals surface area contributed by atoms with E-state index in [1.54, 1.807) is 23.1 Å². The first kappa shape index (κ1) is 12.7. The number of nitrogen functional groups attached to an aromatic ring is 2. The maximum absolute atomic E-state index is 12.3. The van der Waals surface area contributed by atoms with Gasteiger partial charge in [0.2, 0.25) is 0 Å². The second-order valence-electron chi connectivity index (χ2n) is 4.97. The number of anilines is 2. The highest BCUT2D eigenvalue weighted by Gasteiger charge is 2.27. The van der Waals surface area contributed by atoms with Crippen molar-refractivity contribution in [3.8, 4) is 0 Å². The van der Waals surface area contributed by atoms with Crippen LogP contribution in [0, 0.1) is 5.92 Å². The van der Waals surface area contributed by atoms with Crippen LogP contribution in [0.5, 0.6) is 0 Å². The Morgan fingerprint density at radius 3 is 2.50 bits per heavy atom. The van der Waals surface area contributed by atoms with E-state index in [1.807, 2.05) is 6.92 Å². The Kier molecular flexibility index (Phi) is 3.43. The van der Waals surface area contributed by atoms with Crippen LogP contribution >= 0.6 is 0 Å². The number of β-amino-alcohol motifs (C(OH)–C–C–N with tert-alkyl or cyclic N) is 1. The molecule has 0 spiro atoms. The molecule has 1 aromatic rings. The number of benzene rings is 1. The molecule has 1 aliphatic rings. The van der Waals surface area contributed by atoms with E-state index in [0.717, 1.165) is 6.42 Å². The van der Waals surface area contributed by atoms with Crippen molar-refractivity contribution >= 4 is 17.3 Å². The Morgan fingerprint density at radius 2 is 1.94 bits per heavy atom. The molecule has 1 aromatic carbocycles. The Labute approximate surface area is 106 Å². The number of likely N-dealkylation sites (tertiary alicyclic amines) is 1. The summed E-state index contributed by atoms with van der Waals surface area (Å²) in [5, 5.41) is 9.81. The molecule has 98 valence electrons. The van der Waals surface area contributed by atoms with Crippen molar-refractivity contribution in [2.45, 2.75) is 19.4 Å². The van der Waals surface area contributed by atoms with Crippen LogP contribution in [0.1, 0.15) is 23.7 Å². The van der Waals surface area contributed by atoms with Gasteiger partial charge in [0.25, 0.3) is 5.91 Å². The van der Waals surface area contributed by atoms with Gasteiger partial charge < -0.3 is 21.5 Å². The van der Waals surface area contributed by atoms with Gasteiger partial charge in [-0.1, -0.05) is 6.92 Å². The van der Waals surface area contributed by atoms with Gasteiger partial charge in [-0.2, -0.15) is 0 Å². The molecule has 2 unspecified atom stereocenters. The second-order valence-corrected chi connectivity index (χ2v) is 4.97. The van der Waals surface area contributed by atoms with Crippen molar-refractivity contribution in [2.24, 2.45) is 5.92 Å². The van der Waals surface area contributed by atoms with Crippen LogP contribution in [0.4, 0.5) is 11.4 Å². The van der Waals surface area contributed by atoms with Crippen molar-refractivity contribution in [3.05, 3.63) is 23.8 Å². The quantitative estimate of drug-likeness (QED) is 0.638. The number of carbonyl (C=O) groups excluding carboxylic acids is 1. The third kappa shape index (κ3) is 2.56. The zero-order valence-corrected chi connectivity index (χ0v) is 10.5. The number of rotatable bonds is 1. The average molecular weight is 249 g/mol. The molecule has 1 fully saturated rings. The monoisotopic (exact) mass is 249 g/mol. The van der Waals surface area contributed by atoms with Gasteiger partial charge >= 0.3 is 0 Å².